The van der Waals surface area contributed by atoms with Gasteiger partial charge in [-0.25, -0.2) is 0 Å². The first-order valence-electron chi connectivity index (χ1n) is 6.51. The molecule has 6 heteroatoms. The Morgan fingerprint density at radius 2 is 2.11 bits per heavy atom. The third-order valence-corrected chi connectivity index (χ3v) is 2.52. The molecular formula is C13H22N4O2. The molecule has 1 aromatic rings. The van der Waals surface area contributed by atoms with Gasteiger partial charge in [-0.3, -0.25) is 4.79 Å². The molecule has 1 aromatic heterocycles. The van der Waals surface area contributed by atoms with Gasteiger partial charge in [0, 0.05) is 20.2 Å². The summed E-state index contributed by atoms with van der Waals surface area (Å²) in [7, 11) is 1.56. The fraction of sp³-hybridized carbons (Fsp3) is 0.615. The van der Waals surface area contributed by atoms with Crippen molar-refractivity contribution in [2.75, 3.05) is 32.1 Å². The molecule has 0 atom stereocenters. The highest BCUT2D eigenvalue weighted by Crippen LogP contribution is 2.02. The van der Waals surface area contributed by atoms with Crippen molar-refractivity contribution in [3.8, 4) is 0 Å². The van der Waals surface area contributed by atoms with Crippen LogP contribution in [-0.2, 0) is 4.74 Å². The third kappa shape index (κ3) is 6.15. The van der Waals surface area contributed by atoms with Gasteiger partial charge in [0.25, 0.3) is 5.91 Å². The lowest BCUT2D eigenvalue weighted by Gasteiger charge is -2.07. The Morgan fingerprint density at radius 1 is 1.32 bits per heavy atom. The average molecular weight is 266 g/mol. The first-order chi connectivity index (χ1) is 9.13. The molecule has 0 aliphatic heterocycles. The molecule has 0 radical (unpaired) electrons. The van der Waals surface area contributed by atoms with Crippen LogP contribution in [-0.4, -0.2) is 42.9 Å². The fourth-order valence-corrected chi connectivity index (χ4v) is 1.35. The number of rotatable bonds is 8. The predicted octanol–water partition coefficient (Wildman–Crippen LogP) is 1.31. The van der Waals surface area contributed by atoms with Crippen LogP contribution in [0.2, 0.25) is 0 Å². The lowest BCUT2D eigenvalue weighted by Crippen LogP contribution is -2.20. The summed E-state index contributed by atoms with van der Waals surface area (Å²) in [5, 5.41) is 13.3. The Morgan fingerprint density at radius 3 is 2.68 bits per heavy atom. The van der Waals surface area contributed by atoms with Crippen molar-refractivity contribution in [1.82, 2.24) is 15.5 Å². The molecular weight excluding hydrogens is 244 g/mol. The van der Waals surface area contributed by atoms with Crippen molar-refractivity contribution in [2.24, 2.45) is 5.92 Å². The standard InChI is InChI=1S/C13H22N4O2/c1-10(2)6-8-19-9-7-15-12-5-4-11(16-17-12)13(18)14-3/h4-5,10H,6-9H2,1-3H3,(H,14,18)(H,15,17). The van der Waals surface area contributed by atoms with Crippen LogP contribution in [0.25, 0.3) is 0 Å². The first kappa shape index (κ1) is 15.4. The maximum absolute atomic E-state index is 11.3. The smallest absolute Gasteiger partial charge is 0.271 e. The van der Waals surface area contributed by atoms with Crippen LogP contribution in [0.4, 0.5) is 5.82 Å². The number of carbonyl (C=O) groups excluding carboxylic acids is 1. The largest absolute Gasteiger partial charge is 0.380 e. The summed E-state index contributed by atoms with van der Waals surface area (Å²) in [5.41, 5.74) is 0.307. The number of nitrogens with one attached hydrogen (secondary N) is 2. The van der Waals surface area contributed by atoms with Gasteiger partial charge in [-0.15, -0.1) is 10.2 Å². The van der Waals surface area contributed by atoms with Gasteiger partial charge in [-0.05, 0) is 24.5 Å². The van der Waals surface area contributed by atoms with E-state index in [4.69, 9.17) is 4.74 Å². The van der Waals surface area contributed by atoms with Gasteiger partial charge in [0.05, 0.1) is 6.61 Å². The molecule has 1 amide bonds. The summed E-state index contributed by atoms with van der Waals surface area (Å²) in [6.45, 7) is 6.43. The monoisotopic (exact) mass is 266 g/mol. The summed E-state index contributed by atoms with van der Waals surface area (Å²) in [6, 6.07) is 3.36. The van der Waals surface area contributed by atoms with E-state index in [1.54, 1.807) is 19.2 Å². The van der Waals surface area contributed by atoms with Gasteiger partial charge < -0.3 is 15.4 Å². The molecule has 0 fully saturated rings. The quantitative estimate of drug-likeness (QED) is 0.694. The lowest BCUT2D eigenvalue weighted by molar-refractivity contribution is 0.0957. The molecule has 1 heterocycles. The van der Waals surface area contributed by atoms with Gasteiger partial charge in [-0.1, -0.05) is 13.8 Å². The topological polar surface area (TPSA) is 76.1 Å². The summed E-state index contributed by atoms with van der Waals surface area (Å²) in [4.78, 5) is 11.3. The van der Waals surface area contributed by atoms with Gasteiger partial charge >= 0.3 is 0 Å². The first-order valence-corrected chi connectivity index (χ1v) is 6.51. The van der Waals surface area contributed by atoms with E-state index in [1.165, 1.54) is 0 Å². The van der Waals surface area contributed by atoms with E-state index in [1.807, 2.05) is 0 Å². The Kier molecular flexibility index (Phi) is 6.81. The van der Waals surface area contributed by atoms with Crippen molar-refractivity contribution in [1.29, 1.82) is 0 Å². The Labute approximate surface area is 113 Å². The third-order valence-electron chi connectivity index (χ3n) is 2.52. The minimum Gasteiger partial charge on any atom is -0.380 e. The highest BCUT2D eigenvalue weighted by atomic mass is 16.5. The summed E-state index contributed by atoms with van der Waals surface area (Å²) < 4.78 is 5.47. The number of hydrogen-bond acceptors (Lipinski definition) is 5. The number of hydrogen-bond donors (Lipinski definition) is 2. The molecule has 19 heavy (non-hydrogen) atoms. The second-order valence-corrected chi connectivity index (χ2v) is 4.60. The van der Waals surface area contributed by atoms with Crippen molar-refractivity contribution >= 4 is 11.7 Å². The van der Waals surface area contributed by atoms with Crippen LogP contribution >= 0.6 is 0 Å². The van der Waals surface area contributed by atoms with Crippen molar-refractivity contribution < 1.29 is 9.53 Å². The minimum absolute atomic E-state index is 0.240. The number of nitrogens with zero attached hydrogens (tertiary/aromatic N) is 2. The van der Waals surface area contributed by atoms with Crippen LogP contribution in [0.15, 0.2) is 12.1 Å². The highest BCUT2D eigenvalue weighted by molar-refractivity contribution is 5.91. The summed E-state index contributed by atoms with van der Waals surface area (Å²) >= 11 is 0. The Hall–Kier alpha value is -1.69. The van der Waals surface area contributed by atoms with E-state index < -0.39 is 0 Å². The van der Waals surface area contributed by atoms with Crippen LogP contribution in [0.5, 0.6) is 0 Å². The molecule has 0 saturated heterocycles. The number of aromatic nitrogens is 2. The molecule has 0 aromatic carbocycles. The zero-order valence-electron chi connectivity index (χ0n) is 11.8. The fourth-order valence-electron chi connectivity index (χ4n) is 1.35. The Bertz CT molecular complexity index is 379. The second-order valence-electron chi connectivity index (χ2n) is 4.60. The molecule has 106 valence electrons. The maximum atomic E-state index is 11.3. The van der Waals surface area contributed by atoms with E-state index in [2.05, 4.69) is 34.7 Å². The van der Waals surface area contributed by atoms with Crippen LogP contribution in [0.1, 0.15) is 30.8 Å². The van der Waals surface area contributed by atoms with E-state index in [9.17, 15) is 4.79 Å². The van der Waals surface area contributed by atoms with Gasteiger partial charge in [0.2, 0.25) is 0 Å². The zero-order chi connectivity index (χ0) is 14.1. The lowest BCUT2D eigenvalue weighted by atomic mass is 10.1. The number of anilines is 1. The normalized spacial score (nSPS) is 10.5. The molecule has 2 N–H and O–H groups in total. The predicted molar refractivity (Wildman–Crippen MR) is 74.2 cm³/mol. The van der Waals surface area contributed by atoms with E-state index in [-0.39, 0.29) is 5.91 Å². The summed E-state index contributed by atoms with van der Waals surface area (Å²) in [5.74, 6) is 1.06. The van der Waals surface area contributed by atoms with Crippen LogP contribution < -0.4 is 10.6 Å². The summed E-state index contributed by atoms with van der Waals surface area (Å²) in [6.07, 6.45) is 1.07. The van der Waals surface area contributed by atoms with Crippen molar-refractivity contribution in [3.63, 3.8) is 0 Å². The van der Waals surface area contributed by atoms with Crippen molar-refractivity contribution in [3.05, 3.63) is 17.8 Å². The van der Waals surface area contributed by atoms with Crippen LogP contribution in [0.3, 0.4) is 0 Å². The number of carbonyl (C=O) groups is 1. The molecule has 0 aliphatic carbocycles. The SMILES string of the molecule is CNC(=O)c1ccc(NCCOCCC(C)C)nn1. The minimum atomic E-state index is -0.240. The van der Waals surface area contributed by atoms with Gasteiger partial charge in [0.1, 0.15) is 5.82 Å². The molecule has 6 nitrogen and oxygen atoms in total. The van der Waals surface area contributed by atoms with Crippen molar-refractivity contribution in [2.45, 2.75) is 20.3 Å². The second kappa shape index (κ2) is 8.42. The molecule has 0 unspecified atom stereocenters. The van der Waals surface area contributed by atoms with E-state index >= 15 is 0 Å². The van der Waals surface area contributed by atoms with Gasteiger partial charge in [-0.2, -0.15) is 0 Å². The Balaban J connectivity index is 2.21. The number of amides is 1. The molecule has 0 bridgehead atoms. The number of ether oxygens (including phenoxy) is 1. The molecule has 0 spiro atoms. The average Bonchev–Trinajstić information content (AvgIpc) is 2.42. The van der Waals surface area contributed by atoms with Crippen LogP contribution in [0, 0.1) is 5.92 Å². The van der Waals surface area contributed by atoms with E-state index in [0.717, 1.165) is 13.0 Å². The molecule has 0 saturated carbocycles. The maximum Gasteiger partial charge on any atom is 0.271 e. The highest BCUT2D eigenvalue weighted by Gasteiger charge is 2.04. The van der Waals surface area contributed by atoms with Gasteiger partial charge in [0.15, 0.2) is 5.69 Å². The molecule has 0 aliphatic rings. The van der Waals surface area contributed by atoms with E-state index in [0.29, 0.717) is 30.6 Å². The zero-order valence-corrected chi connectivity index (χ0v) is 11.8. The molecule has 1 rings (SSSR count).